The van der Waals surface area contributed by atoms with Crippen molar-refractivity contribution in [1.29, 1.82) is 0 Å². The Hall–Kier alpha value is -0.0800. The second-order valence-corrected chi connectivity index (χ2v) is 5.56. The first-order valence-electron chi connectivity index (χ1n) is 6.05. The lowest BCUT2D eigenvalue weighted by Crippen LogP contribution is -2.42. The zero-order chi connectivity index (χ0) is 10.2. The number of rotatable bonds is 4. The molecule has 0 bridgehead atoms. The molecule has 0 amide bonds. The highest BCUT2D eigenvalue weighted by Crippen LogP contribution is 2.47. The molecule has 2 heteroatoms. The second-order valence-electron chi connectivity index (χ2n) is 5.56. The molecule has 0 aromatic heterocycles. The van der Waals surface area contributed by atoms with E-state index in [-0.39, 0.29) is 0 Å². The van der Waals surface area contributed by atoms with Crippen LogP contribution in [0.15, 0.2) is 0 Å². The van der Waals surface area contributed by atoms with Crippen LogP contribution in [0.3, 0.4) is 0 Å². The van der Waals surface area contributed by atoms with E-state index >= 15 is 0 Å². The molecule has 1 N–H and O–H groups in total. The lowest BCUT2D eigenvalue weighted by Gasteiger charge is -2.25. The Kier molecular flexibility index (Phi) is 2.85. The lowest BCUT2D eigenvalue weighted by molar-refractivity contribution is 0.275. The molecule has 1 aliphatic carbocycles. The van der Waals surface area contributed by atoms with Crippen molar-refractivity contribution in [2.45, 2.75) is 51.6 Å². The third-order valence-electron chi connectivity index (χ3n) is 4.42. The van der Waals surface area contributed by atoms with Crippen LogP contribution in [0.2, 0.25) is 0 Å². The summed E-state index contributed by atoms with van der Waals surface area (Å²) in [6.45, 7) is 7.23. The zero-order valence-electron chi connectivity index (χ0n) is 9.84. The Bertz CT molecular complexity index is 196. The average Bonchev–Trinajstić information content (AvgIpc) is 2.77. The summed E-state index contributed by atoms with van der Waals surface area (Å²) in [6.07, 6.45) is 5.60. The van der Waals surface area contributed by atoms with E-state index in [1.807, 2.05) is 0 Å². The van der Waals surface area contributed by atoms with E-state index in [0.29, 0.717) is 11.5 Å². The molecular weight excluding hydrogens is 172 g/mol. The van der Waals surface area contributed by atoms with Crippen molar-refractivity contribution in [3.63, 3.8) is 0 Å². The highest BCUT2D eigenvalue weighted by Gasteiger charge is 2.42. The smallest absolute Gasteiger partial charge is 0.0218 e. The van der Waals surface area contributed by atoms with Gasteiger partial charge in [0, 0.05) is 18.6 Å². The summed E-state index contributed by atoms with van der Waals surface area (Å²) >= 11 is 0. The van der Waals surface area contributed by atoms with E-state index < -0.39 is 0 Å². The van der Waals surface area contributed by atoms with E-state index in [1.54, 1.807) is 0 Å². The average molecular weight is 196 g/mol. The van der Waals surface area contributed by atoms with Gasteiger partial charge in [0.05, 0.1) is 0 Å². The molecule has 2 rings (SSSR count). The van der Waals surface area contributed by atoms with Crippen molar-refractivity contribution < 1.29 is 0 Å². The summed E-state index contributed by atoms with van der Waals surface area (Å²) in [6, 6.07) is 1.50. The predicted octanol–water partition coefficient (Wildman–Crippen LogP) is 1.86. The molecule has 2 aliphatic rings. The summed E-state index contributed by atoms with van der Waals surface area (Å²) in [5.74, 6) is 0. The van der Waals surface area contributed by atoms with Crippen LogP contribution < -0.4 is 5.32 Å². The molecule has 0 aromatic rings. The van der Waals surface area contributed by atoms with Crippen LogP contribution in [0.4, 0.5) is 0 Å². The fourth-order valence-corrected chi connectivity index (χ4v) is 2.43. The Labute approximate surface area is 88.1 Å². The molecule has 14 heavy (non-hydrogen) atoms. The summed E-state index contributed by atoms with van der Waals surface area (Å²) in [4.78, 5) is 2.49. The maximum atomic E-state index is 3.72. The van der Waals surface area contributed by atoms with E-state index in [0.717, 1.165) is 6.04 Å². The Morgan fingerprint density at radius 3 is 2.71 bits per heavy atom. The molecule has 82 valence electrons. The Morgan fingerprint density at radius 2 is 2.21 bits per heavy atom. The van der Waals surface area contributed by atoms with E-state index in [9.17, 15) is 0 Å². The first kappa shape index (κ1) is 10.4. The van der Waals surface area contributed by atoms with Gasteiger partial charge in [0.25, 0.3) is 0 Å². The number of nitrogens with one attached hydrogen (secondary N) is 1. The second kappa shape index (κ2) is 3.82. The first-order chi connectivity index (χ1) is 6.62. The summed E-state index contributed by atoms with van der Waals surface area (Å²) in [7, 11) is 2.25. The molecule has 1 saturated heterocycles. The van der Waals surface area contributed by atoms with Gasteiger partial charge in [-0.2, -0.15) is 0 Å². The fraction of sp³-hybridized carbons (Fsp3) is 1.00. The first-order valence-corrected chi connectivity index (χ1v) is 6.05. The van der Waals surface area contributed by atoms with Crippen LogP contribution in [0.5, 0.6) is 0 Å². The number of hydrogen-bond acceptors (Lipinski definition) is 2. The van der Waals surface area contributed by atoms with Gasteiger partial charge in [-0.3, -0.25) is 0 Å². The molecule has 0 spiro atoms. The maximum absolute atomic E-state index is 3.72. The van der Waals surface area contributed by atoms with E-state index in [2.05, 4.69) is 31.1 Å². The molecule has 0 radical (unpaired) electrons. The third-order valence-corrected chi connectivity index (χ3v) is 4.42. The molecular formula is C12H24N2. The van der Waals surface area contributed by atoms with Crippen LogP contribution in [-0.2, 0) is 0 Å². The molecule has 1 saturated carbocycles. The normalized spacial score (nSPS) is 33.2. The minimum Gasteiger partial charge on any atom is -0.312 e. The van der Waals surface area contributed by atoms with Crippen molar-refractivity contribution in [1.82, 2.24) is 10.2 Å². The quantitative estimate of drug-likeness (QED) is 0.738. The fourth-order valence-electron chi connectivity index (χ4n) is 2.43. The monoisotopic (exact) mass is 196 g/mol. The third kappa shape index (κ3) is 2.12. The minimum absolute atomic E-state index is 0.622. The van der Waals surface area contributed by atoms with Crippen molar-refractivity contribution in [3.05, 3.63) is 0 Å². The van der Waals surface area contributed by atoms with Crippen molar-refractivity contribution in [2.24, 2.45) is 5.41 Å². The molecule has 2 fully saturated rings. The van der Waals surface area contributed by atoms with Gasteiger partial charge >= 0.3 is 0 Å². The standard InChI is InChI=1S/C12H24N2/c1-10(12(2)6-7-12)13-9-11-5-4-8-14(11)3/h10-11,13H,4-9H2,1-3H3. The van der Waals surface area contributed by atoms with Gasteiger partial charge in [-0.1, -0.05) is 6.92 Å². The van der Waals surface area contributed by atoms with Gasteiger partial charge in [-0.15, -0.1) is 0 Å². The van der Waals surface area contributed by atoms with Gasteiger partial charge in [-0.25, -0.2) is 0 Å². The zero-order valence-corrected chi connectivity index (χ0v) is 9.84. The SMILES string of the molecule is CC(NCC1CCCN1C)C1(C)CC1. The van der Waals surface area contributed by atoms with Crippen LogP contribution in [0, 0.1) is 5.41 Å². The van der Waals surface area contributed by atoms with E-state index in [4.69, 9.17) is 0 Å². The number of likely N-dealkylation sites (tertiary alicyclic amines) is 1. The van der Waals surface area contributed by atoms with Crippen LogP contribution >= 0.6 is 0 Å². The molecule has 0 aromatic carbocycles. The Morgan fingerprint density at radius 1 is 1.50 bits per heavy atom. The largest absolute Gasteiger partial charge is 0.312 e. The highest BCUT2D eigenvalue weighted by atomic mass is 15.2. The highest BCUT2D eigenvalue weighted by molar-refractivity contribution is 4.97. The van der Waals surface area contributed by atoms with E-state index in [1.165, 1.54) is 38.8 Å². The molecule has 2 unspecified atom stereocenters. The van der Waals surface area contributed by atoms with Gasteiger partial charge in [0.15, 0.2) is 0 Å². The topological polar surface area (TPSA) is 15.3 Å². The lowest BCUT2D eigenvalue weighted by atomic mass is 10.0. The number of likely N-dealkylation sites (N-methyl/N-ethyl adjacent to an activating group) is 1. The summed E-state index contributed by atoms with van der Waals surface area (Å²) in [5, 5.41) is 3.72. The van der Waals surface area contributed by atoms with Crippen LogP contribution in [0.1, 0.15) is 39.5 Å². The molecule has 2 nitrogen and oxygen atoms in total. The summed E-state index contributed by atoms with van der Waals surface area (Å²) < 4.78 is 0. The van der Waals surface area contributed by atoms with Crippen LogP contribution in [-0.4, -0.2) is 37.1 Å². The predicted molar refractivity (Wildman–Crippen MR) is 60.5 cm³/mol. The molecule has 1 heterocycles. The maximum Gasteiger partial charge on any atom is 0.0218 e. The van der Waals surface area contributed by atoms with Gasteiger partial charge in [0.1, 0.15) is 0 Å². The summed E-state index contributed by atoms with van der Waals surface area (Å²) in [5.41, 5.74) is 0.622. The van der Waals surface area contributed by atoms with Gasteiger partial charge in [0.2, 0.25) is 0 Å². The van der Waals surface area contributed by atoms with Gasteiger partial charge < -0.3 is 10.2 Å². The van der Waals surface area contributed by atoms with Gasteiger partial charge in [-0.05, 0) is 51.6 Å². The molecule has 2 atom stereocenters. The number of nitrogens with zero attached hydrogens (tertiary/aromatic N) is 1. The minimum atomic E-state index is 0.622. The Balaban J connectivity index is 1.71. The van der Waals surface area contributed by atoms with Crippen molar-refractivity contribution >= 4 is 0 Å². The van der Waals surface area contributed by atoms with Crippen molar-refractivity contribution in [3.8, 4) is 0 Å². The van der Waals surface area contributed by atoms with Crippen molar-refractivity contribution in [2.75, 3.05) is 20.1 Å². The number of hydrogen-bond donors (Lipinski definition) is 1. The molecule has 1 aliphatic heterocycles. The van der Waals surface area contributed by atoms with Crippen LogP contribution in [0.25, 0.3) is 0 Å².